The molecule has 1 aliphatic heterocycles. The van der Waals surface area contributed by atoms with Crippen molar-refractivity contribution in [3.05, 3.63) is 42.4 Å². The van der Waals surface area contributed by atoms with Crippen LogP contribution in [0.3, 0.4) is 0 Å². The quantitative estimate of drug-likeness (QED) is 0.784. The summed E-state index contributed by atoms with van der Waals surface area (Å²) in [5.74, 6) is 1.14. The van der Waals surface area contributed by atoms with Crippen LogP contribution >= 0.6 is 0 Å². The highest BCUT2D eigenvalue weighted by atomic mass is 16.2. The lowest BCUT2D eigenvalue weighted by molar-refractivity contribution is -0.130. The maximum atomic E-state index is 12.3. The van der Waals surface area contributed by atoms with E-state index in [1.54, 1.807) is 6.20 Å². The lowest BCUT2D eigenvalue weighted by Crippen LogP contribution is -2.51. The zero-order valence-electron chi connectivity index (χ0n) is 14.1. The number of hydrogen-bond acceptors (Lipinski definition) is 5. The molecule has 1 saturated heterocycles. The van der Waals surface area contributed by atoms with Crippen molar-refractivity contribution in [2.45, 2.75) is 13.5 Å². The molecule has 0 atom stereocenters. The first-order valence-electron chi connectivity index (χ1n) is 8.36. The number of carbonyl (C=O) groups excluding carboxylic acids is 1. The molecule has 1 amide bonds. The van der Waals surface area contributed by atoms with E-state index in [9.17, 15) is 4.79 Å². The Morgan fingerprint density at radius 3 is 2.75 bits per heavy atom. The zero-order valence-corrected chi connectivity index (χ0v) is 14.1. The second-order valence-electron chi connectivity index (χ2n) is 6.01. The first-order chi connectivity index (χ1) is 11.7. The molecular formula is C17H24N6O. The number of aryl methyl sites for hydroxylation is 1. The van der Waals surface area contributed by atoms with Crippen LogP contribution in [-0.2, 0) is 11.3 Å². The Morgan fingerprint density at radius 1 is 1.25 bits per heavy atom. The lowest BCUT2D eigenvalue weighted by atomic mass is 10.3. The summed E-state index contributed by atoms with van der Waals surface area (Å²) in [6.45, 7) is 7.06. The molecule has 2 aromatic heterocycles. The molecule has 0 aromatic carbocycles. The molecule has 0 bridgehead atoms. The van der Waals surface area contributed by atoms with Crippen molar-refractivity contribution in [3.63, 3.8) is 0 Å². The van der Waals surface area contributed by atoms with Gasteiger partial charge in [-0.1, -0.05) is 6.07 Å². The number of hydrogen-bond donors (Lipinski definition) is 1. The number of nitrogens with zero attached hydrogens (tertiary/aromatic N) is 5. The Balaban J connectivity index is 1.36. The summed E-state index contributed by atoms with van der Waals surface area (Å²) in [6.07, 6.45) is 5.64. The van der Waals surface area contributed by atoms with Gasteiger partial charge in [0.25, 0.3) is 0 Å². The maximum absolute atomic E-state index is 12.3. The third-order valence-corrected chi connectivity index (χ3v) is 4.16. The SMILES string of the molecule is Cc1cnn(CCNCC(=O)N2CCN(c3ccccn3)CC2)c1. The van der Waals surface area contributed by atoms with Crippen LogP contribution in [0.1, 0.15) is 5.56 Å². The topological polar surface area (TPSA) is 66.3 Å². The van der Waals surface area contributed by atoms with E-state index in [0.29, 0.717) is 6.54 Å². The Hall–Kier alpha value is -2.41. The van der Waals surface area contributed by atoms with E-state index in [4.69, 9.17) is 0 Å². The predicted molar refractivity (Wildman–Crippen MR) is 92.9 cm³/mol. The molecule has 2 aromatic rings. The van der Waals surface area contributed by atoms with Gasteiger partial charge in [0.1, 0.15) is 5.82 Å². The zero-order chi connectivity index (χ0) is 16.8. The summed E-state index contributed by atoms with van der Waals surface area (Å²) in [5, 5.41) is 7.43. The monoisotopic (exact) mass is 328 g/mol. The molecule has 7 nitrogen and oxygen atoms in total. The average molecular weight is 328 g/mol. The van der Waals surface area contributed by atoms with Gasteiger partial charge in [-0.15, -0.1) is 0 Å². The second-order valence-corrected chi connectivity index (χ2v) is 6.01. The summed E-state index contributed by atoms with van der Waals surface area (Å²) in [7, 11) is 0. The summed E-state index contributed by atoms with van der Waals surface area (Å²) < 4.78 is 1.89. The van der Waals surface area contributed by atoms with Crippen LogP contribution in [0.4, 0.5) is 5.82 Å². The molecule has 0 radical (unpaired) electrons. The van der Waals surface area contributed by atoms with Gasteiger partial charge in [0.2, 0.25) is 5.91 Å². The van der Waals surface area contributed by atoms with Crippen molar-refractivity contribution in [1.29, 1.82) is 0 Å². The van der Waals surface area contributed by atoms with E-state index >= 15 is 0 Å². The molecule has 0 saturated carbocycles. The number of nitrogens with one attached hydrogen (secondary N) is 1. The third kappa shape index (κ3) is 4.32. The molecular weight excluding hydrogens is 304 g/mol. The van der Waals surface area contributed by atoms with Crippen molar-refractivity contribution in [2.24, 2.45) is 0 Å². The van der Waals surface area contributed by atoms with Gasteiger partial charge in [0.15, 0.2) is 0 Å². The van der Waals surface area contributed by atoms with Crippen LogP contribution in [0.2, 0.25) is 0 Å². The third-order valence-electron chi connectivity index (χ3n) is 4.16. The van der Waals surface area contributed by atoms with Crippen LogP contribution in [0.25, 0.3) is 0 Å². The smallest absolute Gasteiger partial charge is 0.236 e. The molecule has 0 aliphatic carbocycles. The molecule has 0 unspecified atom stereocenters. The van der Waals surface area contributed by atoms with Crippen LogP contribution in [-0.4, -0.2) is 64.8 Å². The summed E-state index contributed by atoms with van der Waals surface area (Å²) in [4.78, 5) is 20.8. The van der Waals surface area contributed by atoms with Crippen LogP contribution < -0.4 is 10.2 Å². The van der Waals surface area contributed by atoms with E-state index in [2.05, 4.69) is 20.3 Å². The Labute approximate surface area is 142 Å². The van der Waals surface area contributed by atoms with Gasteiger partial charge in [-0.25, -0.2) is 4.98 Å². The number of piperazine rings is 1. The lowest BCUT2D eigenvalue weighted by Gasteiger charge is -2.35. The summed E-state index contributed by atoms with van der Waals surface area (Å²) >= 11 is 0. The fraction of sp³-hybridized carbons (Fsp3) is 0.471. The molecule has 1 N–H and O–H groups in total. The molecule has 0 spiro atoms. The van der Waals surface area contributed by atoms with Gasteiger partial charge < -0.3 is 15.1 Å². The summed E-state index contributed by atoms with van der Waals surface area (Å²) in [5.41, 5.74) is 1.15. The van der Waals surface area contributed by atoms with Crippen molar-refractivity contribution in [3.8, 4) is 0 Å². The first kappa shape index (κ1) is 16.4. The Kier molecular flexibility index (Phi) is 5.43. The number of carbonyl (C=O) groups is 1. The number of amides is 1. The normalized spacial score (nSPS) is 14.9. The van der Waals surface area contributed by atoms with E-state index in [1.807, 2.05) is 47.1 Å². The van der Waals surface area contributed by atoms with Crippen LogP contribution in [0.5, 0.6) is 0 Å². The van der Waals surface area contributed by atoms with Crippen molar-refractivity contribution < 1.29 is 4.79 Å². The Morgan fingerprint density at radius 2 is 2.08 bits per heavy atom. The minimum atomic E-state index is 0.160. The second kappa shape index (κ2) is 7.92. The van der Waals surface area contributed by atoms with Crippen molar-refractivity contribution >= 4 is 11.7 Å². The highest BCUT2D eigenvalue weighted by Crippen LogP contribution is 2.12. The van der Waals surface area contributed by atoms with E-state index in [1.165, 1.54) is 0 Å². The van der Waals surface area contributed by atoms with E-state index in [0.717, 1.165) is 50.6 Å². The van der Waals surface area contributed by atoms with Crippen molar-refractivity contribution in [2.75, 3.05) is 44.2 Å². The maximum Gasteiger partial charge on any atom is 0.236 e. The first-order valence-corrected chi connectivity index (χ1v) is 8.36. The molecule has 3 heterocycles. The number of anilines is 1. The highest BCUT2D eigenvalue weighted by molar-refractivity contribution is 5.78. The Bertz CT molecular complexity index is 648. The minimum absolute atomic E-state index is 0.160. The van der Waals surface area contributed by atoms with Gasteiger partial charge in [-0.3, -0.25) is 9.48 Å². The minimum Gasteiger partial charge on any atom is -0.353 e. The van der Waals surface area contributed by atoms with Crippen LogP contribution in [0.15, 0.2) is 36.8 Å². The number of aromatic nitrogens is 3. The fourth-order valence-electron chi connectivity index (χ4n) is 2.82. The van der Waals surface area contributed by atoms with Gasteiger partial charge in [0, 0.05) is 45.1 Å². The van der Waals surface area contributed by atoms with Gasteiger partial charge >= 0.3 is 0 Å². The molecule has 3 rings (SSSR count). The van der Waals surface area contributed by atoms with E-state index < -0.39 is 0 Å². The molecule has 24 heavy (non-hydrogen) atoms. The predicted octanol–water partition coefficient (Wildman–Crippen LogP) is 0.525. The van der Waals surface area contributed by atoms with E-state index in [-0.39, 0.29) is 5.91 Å². The average Bonchev–Trinajstić information content (AvgIpc) is 3.05. The fourth-order valence-corrected chi connectivity index (χ4v) is 2.82. The largest absolute Gasteiger partial charge is 0.353 e. The van der Waals surface area contributed by atoms with Crippen molar-refractivity contribution in [1.82, 2.24) is 25.0 Å². The number of pyridine rings is 1. The molecule has 7 heteroatoms. The number of rotatable bonds is 6. The summed E-state index contributed by atoms with van der Waals surface area (Å²) in [6, 6.07) is 5.92. The van der Waals surface area contributed by atoms with Gasteiger partial charge in [-0.2, -0.15) is 5.10 Å². The molecule has 1 fully saturated rings. The van der Waals surface area contributed by atoms with Gasteiger partial charge in [0.05, 0.1) is 19.3 Å². The van der Waals surface area contributed by atoms with Crippen LogP contribution in [0, 0.1) is 6.92 Å². The van der Waals surface area contributed by atoms with Gasteiger partial charge in [-0.05, 0) is 24.6 Å². The molecule has 128 valence electrons. The highest BCUT2D eigenvalue weighted by Gasteiger charge is 2.21. The molecule has 1 aliphatic rings. The standard InChI is InChI=1S/C17H24N6O/c1-15-12-20-23(14-15)7-6-18-13-17(24)22-10-8-21(9-11-22)16-4-2-3-5-19-16/h2-5,12,14,18H,6-11,13H2,1H3.